The molecule has 5 heteroatoms. The highest BCUT2D eigenvalue weighted by atomic mass is 16.6. The van der Waals surface area contributed by atoms with Gasteiger partial charge in [-0.25, -0.2) is 0 Å². The number of rotatable bonds is 7. The minimum absolute atomic E-state index is 0.0819. The van der Waals surface area contributed by atoms with Crippen LogP contribution in [0.15, 0.2) is 0 Å². The Labute approximate surface area is 90.1 Å². The van der Waals surface area contributed by atoms with E-state index in [-0.39, 0.29) is 25.0 Å². The van der Waals surface area contributed by atoms with Gasteiger partial charge in [0.25, 0.3) is 0 Å². The molecule has 0 saturated carbocycles. The summed E-state index contributed by atoms with van der Waals surface area (Å²) in [6.45, 7) is 3.16. The molecule has 0 aliphatic carbocycles. The van der Waals surface area contributed by atoms with Crippen LogP contribution in [0.4, 0.5) is 0 Å². The Bertz CT molecular complexity index is 167. The number of aliphatic hydroxyl groups excluding tert-OH is 2. The molecule has 0 aromatic rings. The monoisotopic (exact) mass is 220 g/mol. The number of carbonyl (C=O) groups excluding carboxylic acids is 2. The molecule has 2 N–H and O–H groups in total. The molecule has 0 aromatic heterocycles. The van der Waals surface area contributed by atoms with E-state index in [0.29, 0.717) is 25.9 Å². The summed E-state index contributed by atoms with van der Waals surface area (Å²) in [6, 6.07) is 0. The molecule has 15 heavy (non-hydrogen) atoms. The van der Waals surface area contributed by atoms with E-state index in [0.717, 1.165) is 0 Å². The molecule has 5 nitrogen and oxygen atoms in total. The Kier molecular flexibility index (Phi) is 14.7. The van der Waals surface area contributed by atoms with E-state index in [4.69, 9.17) is 10.2 Å². The van der Waals surface area contributed by atoms with E-state index in [1.165, 1.54) is 13.8 Å². The fourth-order valence-corrected chi connectivity index (χ4v) is 0.608. The lowest BCUT2D eigenvalue weighted by molar-refractivity contribution is -0.119. The van der Waals surface area contributed by atoms with Crippen molar-refractivity contribution < 1.29 is 24.5 Å². The van der Waals surface area contributed by atoms with Crippen molar-refractivity contribution in [1.82, 2.24) is 0 Å². The van der Waals surface area contributed by atoms with E-state index in [2.05, 4.69) is 4.74 Å². The molecule has 0 fully saturated rings. The second kappa shape index (κ2) is 13.2. The smallest absolute Gasteiger partial charge is 0.143 e. The van der Waals surface area contributed by atoms with Crippen molar-refractivity contribution in [1.29, 1.82) is 0 Å². The quantitative estimate of drug-likeness (QED) is 0.475. The summed E-state index contributed by atoms with van der Waals surface area (Å²) in [5, 5.41) is 16.2. The summed E-state index contributed by atoms with van der Waals surface area (Å²) in [7, 11) is 0. The molecule has 0 saturated heterocycles. The summed E-state index contributed by atoms with van der Waals surface area (Å²) < 4.78 is 4.48. The highest BCUT2D eigenvalue weighted by Gasteiger charge is 1.90. The van der Waals surface area contributed by atoms with Gasteiger partial charge in [-0.05, 0) is 20.3 Å². The minimum Gasteiger partial charge on any atom is -0.396 e. The predicted molar refractivity (Wildman–Crippen MR) is 55.3 cm³/mol. The van der Waals surface area contributed by atoms with Crippen LogP contribution in [0.25, 0.3) is 0 Å². The van der Waals surface area contributed by atoms with Crippen molar-refractivity contribution in [2.75, 3.05) is 20.0 Å². The van der Waals surface area contributed by atoms with Crippen molar-refractivity contribution >= 4 is 11.6 Å². The number of carbonyl (C=O) groups is 2. The lowest BCUT2D eigenvalue weighted by Gasteiger charge is -1.93. The summed E-state index contributed by atoms with van der Waals surface area (Å²) in [5.41, 5.74) is 0. The minimum atomic E-state index is -0.298. The average molecular weight is 220 g/mol. The zero-order valence-corrected chi connectivity index (χ0v) is 9.36. The summed E-state index contributed by atoms with van der Waals surface area (Å²) >= 11 is 0. The topological polar surface area (TPSA) is 83.8 Å². The molecule has 0 unspecified atom stereocenters. The number of hydrogen-bond acceptors (Lipinski definition) is 5. The number of hydrogen-bond donors (Lipinski definition) is 2. The lowest BCUT2D eigenvalue weighted by atomic mass is 10.2. The summed E-state index contributed by atoms with van der Waals surface area (Å²) in [4.78, 5) is 20.2. The van der Waals surface area contributed by atoms with Gasteiger partial charge in [0.05, 0.1) is 6.61 Å². The number of aliphatic hydroxyl groups is 2. The third kappa shape index (κ3) is 24.6. The summed E-state index contributed by atoms with van der Waals surface area (Å²) in [5.74, 6) is 0.229. The first-order chi connectivity index (χ1) is 7.04. The molecule has 0 amide bonds. The van der Waals surface area contributed by atoms with Crippen LogP contribution in [0.2, 0.25) is 0 Å². The molecule has 0 rings (SSSR count). The number of ketones is 2. The second-order valence-corrected chi connectivity index (χ2v) is 3.02. The van der Waals surface area contributed by atoms with Crippen LogP contribution in [0.5, 0.6) is 0 Å². The third-order valence-electron chi connectivity index (χ3n) is 1.38. The number of Topliss-reactive ketones (excluding diaryl/α,β-unsaturated/α-hetero) is 2. The van der Waals surface area contributed by atoms with E-state index < -0.39 is 0 Å². The summed E-state index contributed by atoms with van der Waals surface area (Å²) in [6.07, 6.45) is 1.51. The van der Waals surface area contributed by atoms with Crippen molar-refractivity contribution in [3.05, 3.63) is 0 Å². The normalized spacial score (nSPS) is 9.07. The van der Waals surface area contributed by atoms with Gasteiger partial charge in [0.15, 0.2) is 0 Å². The zero-order chi connectivity index (χ0) is 12.1. The maximum atomic E-state index is 10.2. The molecule has 0 heterocycles. The SMILES string of the molecule is CC(=O)CCCO.CC(=O)CCOCO. The zero-order valence-electron chi connectivity index (χ0n) is 9.36. The van der Waals surface area contributed by atoms with Gasteiger partial charge in [0.1, 0.15) is 18.4 Å². The van der Waals surface area contributed by atoms with E-state index in [1.54, 1.807) is 0 Å². The van der Waals surface area contributed by atoms with Crippen LogP contribution in [-0.2, 0) is 14.3 Å². The van der Waals surface area contributed by atoms with Crippen LogP contribution in [0.1, 0.15) is 33.1 Å². The van der Waals surface area contributed by atoms with Crippen LogP contribution >= 0.6 is 0 Å². The third-order valence-corrected chi connectivity index (χ3v) is 1.38. The molecule has 0 bridgehead atoms. The Hall–Kier alpha value is -0.780. The number of ether oxygens (including phenoxy) is 1. The molecule has 90 valence electrons. The van der Waals surface area contributed by atoms with Gasteiger partial charge in [0.2, 0.25) is 0 Å². The van der Waals surface area contributed by atoms with Crippen molar-refractivity contribution in [2.24, 2.45) is 0 Å². The molecular weight excluding hydrogens is 200 g/mol. The maximum Gasteiger partial charge on any atom is 0.143 e. The van der Waals surface area contributed by atoms with Crippen molar-refractivity contribution in [2.45, 2.75) is 33.1 Å². The van der Waals surface area contributed by atoms with E-state index in [9.17, 15) is 9.59 Å². The largest absolute Gasteiger partial charge is 0.396 e. The van der Waals surface area contributed by atoms with Crippen molar-refractivity contribution in [3.63, 3.8) is 0 Å². The first-order valence-electron chi connectivity index (χ1n) is 4.83. The van der Waals surface area contributed by atoms with Crippen LogP contribution < -0.4 is 0 Å². The molecule has 0 aromatic carbocycles. The van der Waals surface area contributed by atoms with Crippen LogP contribution in [0.3, 0.4) is 0 Å². The standard InChI is InChI=1S/C5H10O3.C5H10O2/c1-5(7)2-3-8-4-6;1-5(7)3-2-4-6/h6H,2-4H2,1H3;6H,2-4H2,1H3. The highest BCUT2D eigenvalue weighted by Crippen LogP contribution is 1.85. The van der Waals surface area contributed by atoms with Crippen LogP contribution in [0, 0.1) is 0 Å². The van der Waals surface area contributed by atoms with Gasteiger partial charge in [0, 0.05) is 19.4 Å². The molecule has 0 radical (unpaired) electrons. The Balaban J connectivity index is 0. The Morgan fingerprint density at radius 2 is 1.60 bits per heavy atom. The van der Waals surface area contributed by atoms with Crippen molar-refractivity contribution in [3.8, 4) is 0 Å². The first kappa shape index (κ1) is 16.6. The molecular formula is C10H20O5. The Morgan fingerprint density at radius 1 is 1.07 bits per heavy atom. The Morgan fingerprint density at radius 3 is 1.87 bits per heavy atom. The molecule has 0 aliphatic heterocycles. The van der Waals surface area contributed by atoms with Gasteiger partial charge < -0.3 is 19.7 Å². The van der Waals surface area contributed by atoms with Crippen LogP contribution in [-0.4, -0.2) is 41.8 Å². The maximum absolute atomic E-state index is 10.2. The van der Waals surface area contributed by atoms with E-state index in [1.807, 2.05) is 0 Å². The van der Waals surface area contributed by atoms with E-state index >= 15 is 0 Å². The fourth-order valence-electron chi connectivity index (χ4n) is 0.608. The second-order valence-electron chi connectivity index (χ2n) is 3.02. The average Bonchev–Trinajstić information content (AvgIpc) is 2.15. The fraction of sp³-hybridized carbons (Fsp3) is 0.800. The lowest BCUT2D eigenvalue weighted by Crippen LogP contribution is -2.00. The van der Waals surface area contributed by atoms with Gasteiger partial charge in [-0.1, -0.05) is 0 Å². The van der Waals surface area contributed by atoms with Gasteiger partial charge in [-0.15, -0.1) is 0 Å². The molecule has 0 atom stereocenters. The molecule has 0 aliphatic rings. The molecule has 0 spiro atoms. The van der Waals surface area contributed by atoms with Gasteiger partial charge in [-0.3, -0.25) is 4.79 Å². The van der Waals surface area contributed by atoms with Gasteiger partial charge in [-0.2, -0.15) is 0 Å². The highest BCUT2D eigenvalue weighted by molar-refractivity contribution is 5.75. The van der Waals surface area contributed by atoms with Gasteiger partial charge >= 0.3 is 0 Å². The predicted octanol–water partition coefficient (Wildman–Crippen LogP) is 0.280. The first-order valence-corrected chi connectivity index (χ1v) is 4.83.